The molecule has 0 atom stereocenters. The highest BCUT2D eigenvalue weighted by Gasteiger charge is 2.45. The van der Waals surface area contributed by atoms with Gasteiger partial charge in [0.15, 0.2) is 0 Å². The van der Waals surface area contributed by atoms with Gasteiger partial charge >= 0.3 is 8.32 Å². The fourth-order valence-electron chi connectivity index (χ4n) is 5.90. The first-order valence-electron chi connectivity index (χ1n) is 15.8. The Morgan fingerprint density at radius 1 is 0.477 bits per heavy atom. The molecule has 0 aliphatic rings. The van der Waals surface area contributed by atoms with Gasteiger partial charge in [-0.05, 0) is 67.5 Å². The van der Waals surface area contributed by atoms with Crippen LogP contribution in [0.15, 0.2) is 145 Å². The van der Waals surface area contributed by atoms with Crippen molar-refractivity contribution in [2.75, 3.05) is 36.0 Å². The van der Waals surface area contributed by atoms with Crippen LogP contribution in [-0.4, -0.2) is 40.2 Å². The number of rotatable bonds is 13. The van der Waals surface area contributed by atoms with Crippen LogP contribution in [0.3, 0.4) is 0 Å². The van der Waals surface area contributed by atoms with E-state index in [4.69, 9.17) is 9.68 Å². The molecule has 0 aliphatic heterocycles. The van der Waals surface area contributed by atoms with Crippen LogP contribution < -0.4 is 25.4 Å². The highest BCUT2D eigenvalue weighted by molar-refractivity contribution is 7.07. The Bertz CT molecular complexity index is 1440. The van der Waals surface area contributed by atoms with Crippen LogP contribution in [0, 0.1) is 0 Å². The quantitative estimate of drug-likeness (QED) is 0.0646. The van der Waals surface area contributed by atoms with E-state index in [1.165, 1.54) is 11.4 Å². The van der Waals surface area contributed by atoms with Gasteiger partial charge < -0.3 is 14.3 Å². The average molecular weight is 598 g/mol. The Morgan fingerprint density at radius 3 is 1.09 bits per heavy atom. The van der Waals surface area contributed by atoms with Crippen molar-refractivity contribution in [3.8, 4) is 0 Å². The van der Waals surface area contributed by atoms with Gasteiger partial charge in [-0.1, -0.05) is 120 Å². The second kappa shape index (κ2) is 14.7. The second-order valence-electron chi connectivity index (χ2n) is 10.7. The maximum absolute atomic E-state index is 7.11. The van der Waals surface area contributed by atoms with Crippen molar-refractivity contribution >= 4 is 41.0 Å². The molecule has 5 aromatic carbocycles. The molecule has 0 fully saturated rings. The molecule has 0 amide bonds. The summed E-state index contributed by atoms with van der Waals surface area (Å²) in [7, 11) is -3.04. The number of benzene rings is 5. The van der Waals surface area contributed by atoms with Gasteiger partial charge in [0.05, 0.1) is 0 Å². The molecule has 0 heterocycles. The van der Waals surface area contributed by atoms with Crippen molar-refractivity contribution in [2.24, 2.45) is 5.16 Å². The zero-order valence-corrected chi connectivity index (χ0v) is 27.4. The van der Waals surface area contributed by atoms with Crippen LogP contribution >= 0.6 is 0 Å². The number of hydrogen-bond donors (Lipinski definition) is 0. The summed E-state index contributed by atoms with van der Waals surface area (Å²) in [6.45, 7) is 12.6. The number of nitrogens with zero attached hydrogens (tertiary/aromatic N) is 3. The third-order valence-corrected chi connectivity index (χ3v) is 12.2. The predicted molar refractivity (Wildman–Crippen MR) is 191 cm³/mol. The number of hydrogen-bond acceptors (Lipinski definition) is 4. The molecule has 0 aromatic heterocycles. The molecular formula is C39H43N3OSi. The summed E-state index contributed by atoms with van der Waals surface area (Å²) in [5, 5.41) is 8.59. The standard InChI is InChI=1S/C39H43N3OSi/c1-5-41(6-2)34-28-24-32(25-29-34)39(33-26-30-35(31-27-33)42(7-3)8-4)40-43-44(36-18-12-9-13-19-36,37-20-14-10-15-21-37)38-22-16-11-17-23-38/h9-31H,5-8H2,1-4H3. The van der Waals surface area contributed by atoms with Gasteiger partial charge in [-0.25, -0.2) is 0 Å². The zero-order valence-electron chi connectivity index (χ0n) is 26.4. The third-order valence-electron chi connectivity index (χ3n) is 8.35. The summed E-state index contributed by atoms with van der Waals surface area (Å²) in [6, 6.07) is 49.3. The lowest BCUT2D eigenvalue weighted by Crippen LogP contribution is -2.68. The van der Waals surface area contributed by atoms with E-state index in [2.05, 4.69) is 177 Å². The molecule has 0 saturated heterocycles. The van der Waals surface area contributed by atoms with E-state index >= 15 is 0 Å². The Labute approximate surface area is 264 Å². The summed E-state index contributed by atoms with van der Waals surface area (Å²) >= 11 is 0. The topological polar surface area (TPSA) is 28.1 Å². The lowest BCUT2D eigenvalue weighted by atomic mass is 10.0. The van der Waals surface area contributed by atoms with Gasteiger partial charge in [0, 0.05) is 48.7 Å². The first-order chi connectivity index (χ1) is 21.6. The van der Waals surface area contributed by atoms with Crippen LogP contribution in [0.25, 0.3) is 0 Å². The smallest absolute Gasteiger partial charge is 0.380 e. The van der Waals surface area contributed by atoms with Gasteiger partial charge in [0.1, 0.15) is 5.71 Å². The first kappa shape index (κ1) is 30.8. The largest absolute Gasteiger partial charge is 0.437 e. The summed E-state index contributed by atoms with van der Waals surface area (Å²) in [5.41, 5.74) is 5.28. The fraction of sp³-hybridized carbons (Fsp3) is 0.205. The Balaban J connectivity index is 1.69. The molecule has 224 valence electrons. The Kier molecular flexibility index (Phi) is 10.3. The minimum atomic E-state index is -3.04. The first-order valence-corrected chi connectivity index (χ1v) is 17.7. The molecule has 0 unspecified atom stereocenters. The maximum Gasteiger partial charge on any atom is 0.380 e. The third kappa shape index (κ3) is 6.48. The van der Waals surface area contributed by atoms with Crippen LogP contribution in [0.5, 0.6) is 0 Å². The lowest BCUT2D eigenvalue weighted by Gasteiger charge is -2.30. The van der Waals surface area contributed by atoms with Crippen LogP contribution in [0.2, 0.25) is 0 Å². The van der Waals surface area contributed by atoms with Crippen molar-refractivity contribution in [2.45, 2.75) is 27.7 Å². The van der Waals surface area contributed by atoms with Crippen molar-refractivity contribution < 1.29 is 4.53 Å². The lowest BCUT2D eigenvalue weighted by molar-refractivity contribution is 0.349. The molecule has 5 aromatic rings. The zero-order chi connectivity index (χ0) is 30.8. The maximum atomic E-state index is 7.11. The minimum Gasteiger partial charge on any atom is -0.437 e. The van der Waals surface area contributed by atoms with E-state index < -0.39 is 8.32 Å². The van der Waals surface area contributed by atoms with Gasteiger partial charge in [-0.2, -0.15) is 0 Å². The van der Waals surface area contributed by atoms with Gasteiger partial charge in [-0.15, -0.1) is 0 Å². The summed E-state index contributed by atoms with van der Waals surface area (Å²) in [6.07, 6.45) is 0. The van der Waals surface area contributed by atoms with Gasteiger partial charge in [0.2, 0.25) is 0 Å². The van der Waals surface area contributed by atoms with E-state index in [1.807, 2.05) is 0 Å². The van der Waals surface area contributed by atoms with E-state index in [-0.39, 0.29) is 0 Å². The van der Waals surface area contributed by atoms with Gasteiger partial charge in [0.25, 0.3) is 0 Å². The minimum absolute atomic E-state index is 0.821. The highest BCUT2D eigenvalue weighted by atomic mass is 28.4. The molecular weight excluding hydrogens is 555 g/mol. The van der Waals surface area contributed by atoms with Crippen LogP contribution in [0.1, 0.15) is 38.8 Å². The molecule has 0 spiro atoms. The molecule has 44 heavy (non-hydrogen) atoms. The number of oxime groups is 1. The van der Waals surface area contributed by atoms with Crippen LogP contribution in [0.4, 0.5) is 11.4 Å². The summed E-state index contributed by atoms with van der Waals surface area (Å²) in [5.74, 6) is 0. The average Bonchev–Trinajstić information content (AvgIpc) is 3.10. The molecule has 4 nitrogen and oxygen atoms in total. The van der Waals surface area contributed by atoms with Crippen LogP contribution in [-0.2, 0) is 4.53 Å². The van der Waals surface area contributed by atoms with Gasteiger partial charge in [-0.3, -0.25) is 0 Å². The van der Waals surface area contributed by atoms with E-state index in [0.717, 1.165) is 58.6 Å². The van der Waals surface area contributed by atoms with Crippen molar-refractivity contribution in [3.63, 3.8) is 0 Å². The normalized spacial score (nSPS) is 11.1. The molecule has 0 bridgehead atoms. The predicted octanol–water partition coefficient (Wildman–Crippen LogP) is 6.82. The monoisotopic (exact) mass is 597 g/mol. The van der Waals surface area contributed by atoms with Crippen molar-refractivity contribution in [1.82, 2.24) is 0 Å². The van der Waals surface area contributed by atoms with E-state index in [9.17, 15) is 0 Å². The molecule has 0 N–H and O–H groups in total. The SMILES string of the molecule is CCN(CC)c1ccc(C(=NO[Si](c2ccccc2)(c2ccccc2)c2ccccc2)c2ccc(N(CC)CC)cc2)cc1. The molecule has 0 saturated carbocycles. The Hall–Kier alpha value is -4.61. The molecule has 0 radical (unpaired) electrons. The molecule has 5 rings (SSSR count). The fourth-order valence-corrected chi connectivity index (χ4v) is 9.43. The summed E-state index contributed by atoms with van der Waals surface area (Å²) < 4.78 is 7.11. The van der Waals surface area contributed by atoms with Crippen molar-refractivity contribution in [1.29, 1.82) is 0 Å². The van der Waals surface area contributed by atoms with E-state index in [0.29, 0.717) is 0 Å². The second-order valence-corrected chi connectivity index (χ2v) is 14.0. The number of anilines is 2. The highest BCUT2D eigenvalue weighted by Crippen LogP contribution is 2.22. The van der Waals surface area contributed by atoms with Crippen molar-refractivity contribution in [3.05, 3.63) is 151 Å². The Morgan fingerprint density at radius 2 is 0.795 bits per heavy atom. The molecule has 5 heteroatoms. The molecule has 0 aliphatic carbocycles. The summed E-state index contributed by atoms with van der Waals surface area (Å²) in [4.78, 5) is 4.71. The van der Waals surface area contributed by atoms with E-state index in [1.54, 1.807) is 0 Å².